The van der Waals surface area contributed by atoms with E-state index >= 15 is 0 Å². The van der Waals surface area contributed by atoms with Gasteiger partial charge in [-0.25, -0.2) is 4.68 Å². The number of hydrogen-bond acceptors (Lipinski definition) is 7. The van der Waals surface area contributed by atoms with Crippen LogP contribution in [0.2, 0.25) is 0 Å². The number of benzene rings is 1. The number of H-pyrrole nitrogens is 1. The van der Waals surface area contributed by atoms with Crippen molar-refractivity contribution < 1.29 is 4.52 Å². The van der Waals surface area contributed by atoms with E-state index in [4.69, 9.17) is 9.51 Å². The number of aromatic nitrogens is 6. The normalized spacial score (nSPS) is 17.7. The molecule has 0 amide bonds. The van der Waals surface area contributed by atoms with Crippen LogP contribution >= 0.6 is 0 Å². The number of aromatic amines is 1. The van der Waals surface area contributed by atoms with E-state index in [2.05, 4.69) is 25.1 Å². The summed E-state index contributed by atoms with van der Waals surface area (Å²) in [6.45, 7) is 1.54. The van der Waals surface area contributed by atoms with Gasteiger partial charge < -0.3 is 9.42 Å². The molecular formula is C21H21N7O2. The molecule has 1 aliphatic heterocycles. The van der Waals surface area contributed by atoms with Gasteiger partial charge in [-0.15, -0.1) is 0 Å². The van der Waals surface area contributed by atoms with E-state index in [1.54, 1.807) is 10.9 Å². The highest BCUT2D eigenvalue weighted by Gasteiger charge is 2.32. The third kappa shape index (κ3) is 2.97. The van der Waals surface area contributed by atoms with Crippen molar-refractivity contribution in [3.05, 3.63) is 58.6 Å². The lowest BCUT2D eigenvalue weighted by Gasteiger charge is -2.30. The smallest absolute Gasteiger partial charge is 0.263 e. The number of fused-ring (bicyclic) bond motifs is 1. The molecule has 6 rings (SSSR count). The molecule has 1 aromatic carbocycles. The zero-order chi connectivity index (χ0) is 20.1. The molecule has 0 unspecified atom stereocenters. The van der Waals surface area contributed by atoms with Crippen LogP contribution in [0.5, 0.6) is 0 Å². The Morgan fingerprint density at radius 2 is 1.80 bits per heavy atom. The van der Waals surface area contributed by atoms with Crippen molar-refractivity contribution in [2.24, 2.45) is 0 Å². The van der Waals surface area contributed by atoms with Gasteiger partial charge in [-0.05, 0) is 37.8 Å². The molecule has 4 heterocycles. The molecular weight excluding hydrogens is 382 g/mol. The molecule has 9 nitrogen and oxygen atoms in total. The lowest BCUT2D eigenvalue weighted by Crippen LogP contribution is -2.35. The monoisotopic (exact) mass is 403 g/mol. The second kappa shape index (κ2) is 6.79. The summed E-state index contributed by atoms with van der Waals surface area (Å²) in [5, 5.41) is 9.06. The number of piperidine rings is 1. The average molecular weight is 403 g/mol. The van der Waals surface area contributed by atoms with Gasteiger partial charge in [-0.1, -0.05) is 23.4 Å². The summed E-state index contributed by atoms with van der Waals surface area (Å²) >= 11 is 0. The molecule has 1 saturated carbocycles. The fourth-order valence-electron chi connectivity index (χ4n) is 4.07. The standard InChI is InChI=1S/C21H21N7O2/c29-19-16-12-22-28(15-4-2-1-3-5-15)18(16)24-21(25-19)27-10-8-13(9-11-27)17-23-20(30-26-17)14-6-7-14/h1-5,12-14H,6-11H2,(H,24,25,29). The van der Waals surface area contributed by atoms with Gasteiger partial charge in [0.05, 0.1) is 11.9 Å². The fraction of sp³-hybridized carbons (Fsp3) is 0.381. The van der Waals surface area contributed by atoms with Crippen LogP contribution in [0.15, 0.2) is 45.8 Å². The maximum atomic E-state index is 12.6. The second-order valence-corrected chi connectivity index (χ2v) is 8.05. The second-order valence-electron chi connectivity index (χ2n) is 8.05. The third-order valence-electron chi connectivity index (χ3n) is 5.97. The minimum absolute atomic E-state index is 0.174. The van der Waals surface area contributed by atoms with Crippen LogP contribution in [-0.4, -0.2) is 43.0 Å². The first-order valence-electron chi connectivity index (χ1n) is 10.4. The molecule has 152 valence electrons. The SMILES string of the molecule is O=c1[nH]c(N2CCC(c3noc(C4CC4)n3)CC2)nc2c1cnn2-c1ccccc1. The summed E-state index contributed by atoms with van der Waals surface area (Å²) in [5.41, 5.74) is 1.26. The Labute approximate surface area is 171 Å². The zero-order valence-electron chi connectivity index (χ0n) is 16.4. The Balaban J connectivity index is 1.25. The number of nitrogens with one attached hydrogen (secondary N) is 1. The Morgan fingerprint density at radius 3 is 2.57 bits per heavy atom. The van der Waals surface area contributed by atoms with Gasteiger partial charge in [0.15, 0.2) is 11.5 Å². The average Bonchev–Trinajstić information content (AvgIpc) is 3.35. The van der Waals surface area contributed by atoms with Crippen LogP contribution in [0.4, 0.5) is 5.95 Å². The van der Waals surface area contributed by atoms with Crippen molar-refractivity contribution in [2.75, 3.05) is 18.0 Å². The van der Waals surface area contributed by atoms with Crippen LogP contribution in [0.1, 0.15) is 49.2 Å². The molecule has 30 heavy (non-hydrogen) atoms. The van der Waals surface area contributed by atoms with Gasteiger partial charge in [0.1, 0.15) is 5.39 Å². The molecule has 0 atom stereocenters. The lowest BCUT2D eigenvalue weighted by atomic mass is 9.96. The van der Waals surface area contributed by atoms with Crippen molar-refractivity contribution in [3.8, 4) is 5.69 Å². The molecule has 3 aromatic heterocycles. The highest BCUT2D eigenvalue weighted by molar-refractivity contribution is 5.76. The van der Waals surface area contributed by atoms with Crippen molar-refractivity contribution in [2.45, 2.75) is 37.5 Å². The summed E-state index contributed by atoms with van der Waals surface area (Å²) < 4.78 is 7.13. The first-order chi connectivity index (χ1) is 14.8. The van der Waals surface area contributed by atoms with E-state index in [1.165, 1.54) is 0 Å². The zero-order valence-corrected chi connectivity index (χ0v) is 16.4. The molecule has 0 radical (unpaired) electrons. The van der Waals surface area contributed by atoms with Crippen LogP contribution in [-0.2, 0) is 0 Å². The topological polar surface area (TPSA) is 106 Å². The molecule has 1 N–H and O–H groups in total. The van der Waals surface area contributed by atoms with E-state index in [1.807, 2.05) is 30.3 Å². The summed E-state index contributed by atoms with van der Waals surface area (Å²) in [6, 6.07) is 9.72. The van der Waals surface area contributed by atoms with E-state index < -0.39 is 0 Å². The molecule has 1 aliphatic carbocycles. The van der Waals surface area contributed by atoms with E-state index in [0.717, 1.165) is 56.2 Å². The summed E-state index contributed by atoms with van der Waals surface area (Å²) in [7, 11) is 0. The van der Waals surface area contributed by atoms with Crippen molar-refractivity contribution >= 4 is 17.0 Å². The molecule has 0 spiro atoms. The first-order valence-corrected chi connectivity index (χ1v) is 10.4. The van der Waals surface area contributed by atoms with Crippen molar-refractivity contribution in [1.82, 2.24) is 29.9 Å². The van der Waals surface area contributed by atoms with Crippen LogP contribution in [0.3, 0.4) is 0 Å². The molecule has 2 aliphatic rings. The number of rotatable bonds is 4. The predicted octanol–water partition coefficient (Wildman–Crippen LogP) is 2.75. The predicted molar refractivity (Wildman–Crippen MR) is 110 cm³/mol. The van der Waals surface area contributed by atoms with Crippen molar-refractivity contribution in [1.29, 1.82) is 0 Å². The third-order valence-corrected chi connectivity index (χ3v) is 5.97. The Bertz CT molecular complexity index is 1250. The molecule has 9 heteroatoms. The van der Waals surface area contributed by atoms with E-state index in [0.29, 0.717) is 22.9 Å². The molecule has 2 fully saturated rings. The number of para-hydroxylation sites is 1. The number of hydrogen-bond donors (Lipinski definition) is 1. The Hall–Kier alpha value is -3.49. The maximum Gasteiger partial charge on any atom is 0.263 e. The van der Waals surface area contributed by atoms with Gasteiger partial charge in [-0.3, -0.25) is 9.78 Å². The number of nitrogens with zero attached hydrogens (tertiary/aromatic N) is 6. The molecule has 1 saturated heterocycles. The lowest BCUT2D eigenvalue weighted by molar-refractivity contribution is 0.364. The van der Waals surface area contributed by atoms with Crippen LogP contribution < -0.4 is 10.5 Å². The van der Waals surface area contributed by atoms with Gasteiger partial charge in [0.25, 0.3) is 5.56 Å². The minimum atomic E-state index is -0.174. The van der Waals surface area contributed by atoms with Crippen LogP contribution in [0.25, 0.3) is 16.7 Å². The fourth-order valence-corrected chi connectivity index (χ4v) is 4.07. The van der Waals surface area contributed by atoms with Gasteiger partial charge in [-0.2, -0.15) is 15.1 Å². The van der Waals surface area contributed by atoms with Gasteiger partial charge >= 0.3 is 0 Å². The Kier molecular flexibility index (Phi) is 3.93. The van der Waals surface area contributed by atoms with Crippen molar-refractivity contribution in [3.63, 3.8) is 0 Å². The minimum Gasteiger partial charge on any atom is -0.342 e. The highest BCUT2D eigenvalue weighted by Crippen LogP contribution is 2.39. The molecule has 4 aromatic rings. The molecule has 0 bridgehead atoms. The van der Waals surface area contributed by atoms with Gasteiger partial charge in [0, 0.05) is 24.9 Å². The Morgan fingerprint density at radius 1 is 1.00 bits per heavy atom. The maximum absolute atomic E-state index is 12.6. The first kappa shape index (κ1) is 17.4. The largest absolute Gasteiger partial charge is 0.342 e. The van der Waals surface area contributed by atoms with E-state index in [9.17, 15) is 4.79 Å². The number of anilines is 1. The summed E-state index contributed by atoms with van der Waals surface area (Å²) in [5.74, 6) is 2.94. The highest BCUT2D eigenvalue weighted by atomic mass is 16.5. The quantitative estimate of drug-likeness (QED) is 0.558. The van der Waals surface area contributed by atoms with E-state index in [-0.39, 0.29) is 11.5 Å². The summed E-state index contributed by atoms with van der Waals surface area (Å²) in [6.07, 6.45) is 5.66. The summed E-state index contributed by atoms with van der Waals surface area (Å²) in [4.78, 5) is 27.0. The van der Waals surface area contributed by atoms with Crippen LogP contribution in [0, 0.1) is 0 Å². The van der Waals surface area contributed by atoms with Gasteiger partial charge in [0.2, 0.25) is 11.8 Å².